The highest BCUT2D eigenvalue weighted by atomic mass is 16.4. The average Bonchev–Trinajstić information content (AvgIpc) is 3.24. The van der Waals surface area contributed by atoms with Gasteiger partial charge < -0.3 is 10.0 Å². The van der Waals surface area contributed by atoms with Crippen LogP contribution in [0, 0.1) is 0 Å². The lowest BCUT2D eigenvalue weighted by Gasteiger charge is -2.44. The summed E-state index contributed by atoms with van der Waals surface area (Å²) in [6.07, 6.45) is 8.25. The van der Waals surface area contributed by atoms with Gasteiger partial charge >= 0.3 is 5.97 Å². The quantitative estimate of drug-likeness (QED) is 0.753. The molecule has 0 heterocycles. The molecule has 2 aliphatic rings. The molecule has 2 rings (SSSR count). The number of carboxylic acid groups (broad SMARTS) is 1. The van der Waals surface area contributed by atoms with E-state index in [0.717, 1.165) is 51.4 Å². The van der Waals surface area contributed by atoms with Crippen LogP contribution in [0.5, 0.6) is 0 Å². The minimum absolute atomic E-state index is 0.399. The molecule has 0 radical (unpaired) electrons. The highest BCUT2D eigenvalue weighted by Crippen LogP contribution is 2.35. The standard InChI is InChI=1S/C16H30N2O2/c1-4-13(5-2)18(3)14-7-6-10-16(11-14,15(19)20)17-12-8-9-12/h12-14,17H,4-11H2,1-3H3,(H,19,20). The molecule has 116 valence electrons. The van der Waals surface area contributed by atoms with Crippen LogP contribution >= 0.6 is 0 Å². The Morgan fingerprint density at radius 1 is 1.35 bits per heavy atom. The van der Waals surface area contributed by atoms with Gasteiger partial charge in [0.1, 0.15) is 5.54 Å². The van der Waals surface area contributed by atoms with Crippen molar-refractivity contribution in [2.24, 2.45) is 0 Å². The Kier molecular flexibility index (Phi) is 5.08. The molecule has 0 saturated heterocycles. The molecule has 0 spiro atoms. The molecule has 4 nitrogen and oxygen atoms in total. The van der Waals surface area contributed by atoms with Crippen molar-refractivity contribution in [2.45, 2.75) is 88.9 Å². The molecule has 0 aromatic heterocycles. The van der Waals surface area contributed by atoms with Gasteiger partial charge in [-0.25, -0.2) is 0 Å². The van der Waals surface area contributed by atoms with E-state index in [9.17, 15) is 9.90 Å². The van der Waals surface area contributed by atoms with Crippen LogP contribution < -0.4 is 5.32 Å². The Labute approximate surface area is 122 Å². The third kappa shape index (κ3) is 3.34. The molecule has 2 aliphatic carbocycles. The van der Waals surface area contributed by atoms with Crippen molar-refractivity contribution in [2.75, 3.05) is 7.05 Å². The fourth-order valence-electron chi connectivity index (χ4n) is 3.76. The summed E-state index contributed by atoms with van der Waals surface area (Å²) in [7, 11) is 2.18. The summed E-state index contributed by atoms with van der Waals surface area (Å²) in [6, 6.07) is 1.42. The highest BCUT2D eigenvalue weighted by Gasteiger charge is 2.46. The van der Waals surface area contributed by atoms with Crippen molar-refractivity contribution in [3.05, 3.63) is 0 Å². The Morgan fingerprint density at radius 2 is 2.00 bits per heavy atom. The van der Waals surface area contributed by atoms with Gasteiger partial charge in [0.25, 0.3) is 0 Å². The zero-order chi connectivity index (χ0) is 14.8. The summed E-state index contributed by atoms with van der Waals surface area (Å²) in [5, 5.41) is 13.2. The van der Waals surface area contributed by atoms with Gasteiger partial charge in [0.2, 0.25) is 0 Å². The van der Waals surface area contributed by atoms with Crippen LogP contribution in [0.3, 0.4) is 0 Å². The third-order valence-electron chi connectivity index (χ3n) is 5.29. The molecule has 0 amide bonds. The Balaban J connectivity index is 2.06. The lowest BCUT2D eigenvalue weighted by atomic mass is 9.77. The van der Waals surface area contributed by atoms with Crippen molar-refractivity contribution >= 4 is 5.97 Å². The molecule has 4 heteroatoms. The number of hydrogen-bond donors (Lipinski definition) is 2. The smallest absolute Gasteiger partial charge is 0.323 e. The largest absolute Gasteiger partial charge is 0.480 e. The maximum absolute atomic E-state index is 11.8. The molecule has 0 aromatic carbocycles. The summed E-state index contributed by atoms with van der Waals surface area (Å²) < 4.78 is 0. The zero-order valence-corrected chi connectivity index (χ0v) is 13.2. The van der Waals surface area contributed by atoms with E-state index in [4.69, 9.17) is 0 Å². The van der Waals surface area contributed by atoms with Gasteiger partial charge in [-0.15, -0.1) is 0 Å². The lowest BCUT2D eigenvalue weighted by molar-refractivity contribution is -0.147. The van der Waals surface area contributed by atoms with E-state index in [1.165, 1.54) is 0 Å². The number of nitrogens with one attached hydrogen (secondary N) is 1. The van der Waals surface area contributed by atoms with Crippen LogP contribution in [-0.4, -0.2) is 46.7 Å². The van der Waals surface area contributed by atoms with Crippen LogP contribution in [0.15, 0.2) is 0 Å². The van der Waals surface area contributed by atoms with Gasteiger partial charge in [-0.05, 0) is 58.4 Å². The van der Waals surface area contributed by atoms with Crippen molar-refractivity contribution in [1.82, 2.24) is 10.2 Å². The van der Waals surface area contributed by atoms with E-state index in [-0.39, 0.29) is 0 Å². The van der Waals surface area contributed by atoms with Gasteiger partial charge in [-0.3, -0.25) is 10.1 Å². The first-order valence-corrected chi connectivity index (χ1v) is 8.25. The molecule has 2 unspecified atom stereocenters. The second-order valence-corrected chi connectivity index (χ2v) is 6.69. The first-order valence-electron chi connectivity index (χ1n) is 8.25. The van der Waals surface area contributed by atoms with Crippen LogP contribution in [0.4, 0.5) is 0 Å². The van der Waals surface area contributed by atoms with Crippen LogP contribution in [0.25, 0.3) is 0 Å². The first kappa shape index (κ1) is 15.8. The number of aliphatic carboxylic acids is 1. The Hall–Kier alpha value is -0.610. The van der Waals surface area contributed by atoms with E-state index < -0.39 is 11.5 Å². The lowest BCUT2D eigenvalue weighted by Crippen LogP contribution is -2.59. The fourth-order valence-corrected chi connectivity index (χ4v) is 3.76. The van der Waals surface area contributed by atoms with Crippen LogP contribution in [0.2, 0.25) is 0 Å². The summed E-state index contributed by atoms with van der Waals surface area (Å²) in [5.41, 5.74) is -0.676. The summed E-state index contributed by atoms with van der Waals surface area (Å²) >= 11 is 0. The second-order valence-electron chi connectivity index (χ2n) is 6.69. The number of hydrogen-bond acceptors (Lipinski definition) is 3. The molecule has 0 bridgehead atoms. The molecule has 0 aromatic rings. The number of carboxylic acids is 1. The van der Waals surface area contributed by atoms with Gasteiger partial charge in [0.05, 0.1) is 0 Å². The number of rotatable bonds is 7. The van der Waals surface area contributed by atoms with Gasteiger partial charge in [-0.2, -0.15) is 0 Å². The zero-order valence-electron chi connectivity index (χ0n) is 13.2. The Morgan fingerprint density at radius 3 is 2.50 bits per heavy atom. The summed E-state index contributed by atoms with van der Waals surface area (Å²) in [6.45, 7) is 4.45. The molecule has 2 atom stereocenters. The average molecular weight is 282 g/mol. The predicted molar refractivity (Wildman–Crippen MR) is 80.9 cm³/mol. The van der Waals surface area contributed by atoms with E-state index in [1.807, 2.05) is 0 Å². The summed E-state index contributed by atoms with van der Waals surface area (Å²) in [4.78, 5) is 14.3. The molecule has 2 saturated carbocycles. The monoisotopic (exact) mass is 282 g/mol. The maximum atomic E-state index is 11.8. The van der Waals surface area contributed by atoms with E-state index in [1.54, 1.807) is 0 Å². The van der Waals surface area contributed by atoms with Crippen LogP contribution in [-0.2, 0) is 4.79 Å². The van der Waals surface area contributed by atoms with Crippen molar-refractivity contribution in [3.63, 3.8) is 0 Å². The van der Waals surface area contributed by atoms with E-state index in [0.29, 0.717) is 18.1 Å². The van der Waals surface area contributed by atoms with Gasteiger partial charge in [-0.1, -0.05) is 13.8 Å². The maximum Gasteiger partial charge on any atom is 0.323 e. The molecule has 0 aliphatic heterocycles. The third-order valence-corrected chi connectivity index (χ3v) is 5.29. The second kappa shape index (κ2) is 6.44. The molecule has 20 heavy (non-hydrogen) atoms. The molecule has 2 fully saturated rings. The van der Waals surface area contributed by atoms with Crippen molar-refractivity contribution < 1.29 is 9.90 Å². The van der Waals surface area contributed by atoms with Gasteiger partial charge in [0, 0.05) is 18.1 Å². The fraction of sp³-hybridized carbons (Fsp3) is 0.938. The summed E-state index contributed by atoms with van der Waals surface area (Å²) in [5.74, 6) is -0.646. The topological polar surface area (TPSA) is 52.6 Å². The van der Waals surface area contributed by atoms with Crippen LogP contribution in [0.1, 0.15) is 65.2 Å². The van der Waals surface area contributed by atoms with Gasteiger partial charge in [0.15, 0.2) is 0 Å². The van der Waals surface area contributed by atoms with E-state index >= 15 is 0 Å². The molecular weight excluding hydrogens is 252 g/mol. The number of nitrogens with zero attached hydrogens (tertiary/aromatic N) is 1. The number of carbonyl (C=O) groups is 1. The van der Waals surface area contributed by atoms with Crippen molar-refractivity contribution in [1.29, 1.82) is 0 Å². The predicted octanol–water partition coefficient (Wildman–Crippen LogP) is 2.62. The van der Waals surface area contributed by atoms with Crippen molar-refractivity contribution in [3.8, 4) is 0 Å². The minimum atomic E-state index is -0.676. The molecular formula is C16H30N2O2. The highest BCUT2D eigenvalue weighted by molar-refractivity contribution is 5.79. The minimum Gasteiger partial charge on any atom is -0.480 e. The SMILES string of the molecule is CCC(CC)N(C)C1CCCC(NC2CC2)(C(=O)O)C1. The Bertz CT molecular complexity index is 339. The first-order chi connectivity index (χ1) is 9.52. The normalized spacial score (nSPS) is 30.9. The molecule has 2 N–H and O–H groups in total. The van der Waals surface area contributed by atoms with E-state index in [2.05, 4.69) is 31.1 Å².